The summed E-state index contributed by atoms with van der Waals surface area (Å²) in [5.41, 5.74) is 0. The predicted molar refractivity (Wildman–Crippen MR) is 105 cm³/mol. The van der Waals surface area contributed by atoms with Gasteiger partial charge in [0.25, 0.3) is 0 Å². The van der Waals surface area contributed by atoms with E-state index < -0.39 is 0 Å². The summed E-state index contributed by atoms with van der Waals surface area (Å²) in [5.74, 6) is 1.41. The molecule has 1 aromatic carbocycles. The van der Waals surface area contributed by atoms with E-state index in [-0.39, 0.29) is 11.9 Å². The Morgan fingerprint density at radius 2 is 1.96 bits per heavy atom. The van der Waals surface area contributed by atoms with Crippen molar-refractivity contribution in [2.75, 3.05) is 25.4 Å². The molecule has 0 radical (unpaired) electrons. The first kappa shape index (κ1) is 18.5. The lowest BCUT2D eigenvalue weighted by Gasteiger charge is -2.33. The Bertz CT molecular complexity index is 655. The molecule has 0 aliphatic carbocycles. The van der Waals surface area contributed by atoms with Crippen LogP contribution in [-0.2, 0) is 4.79 Å². The number of piperidine rings is 1. The van der Waals surface area contributed by atoms with Crippen LogP contribution in [0.15, 0.2) is 56.4 Å². The summed E-state index contributed by atoms with van der Waals surface area (Å²) < 4.78 is 6.66. The molecule has 4 nitrogen and oxygen atoms in total. The predicted octanol–water partition coefficient (Wildman–Crippen LogP) is 4.48. The van der Waals surface area contributed by atoms with E-state index in [1.807, 2.05) is 36.4 Å². The average Bonchev–Trinajstić information content (AvgIpc) is 3.17. The summed E-state index contributed by atoms with van der Waals surface area (Å²) >= 11 is 4.97. The second-order valence-corrected chi connectivity index (χ2v) is 8.14. The molecule has 2 heterocycles. The van der Waals surface area contributed by atoms with Crippen LogP contribution in [0.1, 0.15) is 31.1 Å². The van der Waals surface area contributed by atoms with Crippen molar-refractivity contribution in [3.05, 3.63) is 52.9 Å². The molecule has 0 unspecified atom stereocenters. The SMILES string of the molecule is O=C(CSc1ccc(Br)cc1)NC[C@@H](c1ccco1)N1CCCCC1. The third kappa shape index (κ3) is 5.62. The minimum atomic E-state index is 0.0569. The lowest BCUT2D eigenvalue weighted by atomic mass is 10.1. The fraction of sp³-hybridized carbons (Fsp3) is 0.421. The summed E-state index contributed by atoms with van der Waals surface area (Å²) in [6.45, 7) is 2.72. The molecule has 1 aliphatic rings. The van der Waals surface area contributed by atoms with Crippen molar-refractivity contribution in [3.63, 3.8) is 0 Å². The number of carbonyl (C=O) groups is 1. The van der Waals surface area contributed by atoms with E-state index in [0.717, 1.165) is 28.2 Å². The van der Waals surface area contributed by atoms with Crippen molar-refractivity contribution < 1.29 is 9.21 Å². The first-order chi connectivity index (χ1) is 12.2. The number of rotatable bonds is 7. The van der Waals surface area contributed by atoms with Gasteiger partial charge in [0.1, 0.15) is 5.76 Å². The normalized spacial score (nSPS) is 16.5. The molecule has 1 N–H and O–H groups in total. The standard InChI is InChI=1S/C19H23BrN2O2S/c20-15-6-8-16(9-7-15)25-14-19(23)21-13-17(18-5-4-12-24-18)22-10-2-1-3-11-22/h4-9,12,17H,1-3,10-11,13-14H2,(H,21,23)/t17-/m0/s1. The third-order valence-corrected chi connectivity index (χ3v) is 5.92. The topological polar surface area (TPSA) is 45.5 Å². The fourth-order valence-corrected chi connectivity index (χ4v) is 4.05. The van der Waals surface area contributed by atoms with E-state index in [2.05, 4.69) is 26.1 Å². The first-order valence-electron chi connectivity index (χ1n) is 8.65. The number of nitrogens with zero attached hydrogens (tertiary/aromatic N) is 1. The Hall–Kier alpha value is -1.24. The van der Waals surface area contributed by atoms with Crippen LogP contribution >= 0.6 is 27.7 Å². The maximum atomic E-state index is 12.2. The fourth-order valence-electron chi connectivity index (χ4n) is 3.06. The molecular weight excluding hydrogens is 400 g/mol. The van der Waals surface area contributed by atoms with Crippen molar-refractivity contribution in [2.45, 2.75) is 30.2 Å². The molecule has 2 aromatic rings. The quantitative estimate of drug-likeness (QED) is 0.668. The molecule has 1 saturated heterocycles. The van der Waals surface area contributed by atoms with Gasteiger partial charge in [-0.15, -0.1) is 11.8 Å². The zero-order valence-electron chi connectivity index (χ0n) is 14.1. The van der Waals surface area contributed by atoms with Gasteiger partial charge in [-0.1, -0.05) is 22.4 Å². The van der Waals surface area contributed by atoms with Crippen LogP contribution in [0.5, 0.6) is 0 Å². The number of furan rings is 1. The van der Waals surface area contributed by atoms with Gasteiger partial charge in [-0.05, 0) is 62.3 Å². The van der Waals surface area contributed by atoms with E-state index in [0.29, 0.717) is 12.3 Å². The number of hydrogen-bond acceptors (Lipinski definition) is 4. The van der Waals surface area contributed by atoms with Gasteiger partial charge in [-0.25, -0.2) is 0 Å². The van der Waals surface area contributed by atoms with Gasteiger partial charge in [0.15, 0.2) is 0 Å². The van der Waals surface area contributed by atoms with Gasteiger partial charge in [0.05, 0.1) is 18.1 Å². The molecule has 25 heavy (non-hydrogen) atoms. The molecule has 0 spiro atoms. The van der Waals surface area contributed by atoms with Gasteiger partial charge in [-0.2, -0.15) is 0 Å². The molecule has 1 amide bonds. The maximum Gasteiger partial charge on any atom is 0.230 e. The molecule has 1 aromatic heterocycles. The van der Waals surface area contributed by atoms with Crippen LogP contribution in [0, 0.1) is 0 Å². The number of carbonyl (C=O) groups excluding carboxylic acids is 1. The Morgan fingerprint density at radius 1 is 1.20 bits per heavy atom. The first-order valence-corrected chi connectivity index (χ1v) is 10.4. The van der Waals surface area contributed by atoms with Crippen molar-refractivity contribution in [1.82, 2.24) is 10.2 Å². The van der Waals surface area contributed by atoms with E-state index in [1.54, 1.807) is 18.0 Å². The number of likely N-dealkylation sites (tertiary alicyclic amines) is 1. The highest BCUT2D eigenvalue weighted by Gasteiger charge is 2.24. The smallest absolute Gasteiger partial charge is 0.230 e. The number of benzene rings is 1. The highest BCUT2D eigenvalue weighted by atomic mass is 79.9. The highest BCUT2D eigenvalue weighted by Crippen LogP contribution is 2.25. The Labute approximate surface area is 161 Å². The van der Waals surface area contributed by atoms with Crippen LogP contribution in [0.25, 0.3) is 0 Å². The largest absolute Gasteiger partial charge is 0.468 e. The number of hydrogen-bond donors (Lipinski definition) is 1. The number of amides is 1. The van der Waals surface area contributed by atoms with Crippen LogP contribution in [0.3, 0.4) is 0 Å². The van der Waals surface area contributed by atoms with E-state index in [4.69, 9.17) is 4.42 Å². The zero-order chi connectivity index (χ0) is 17.5. The second kappa shape index (κ2) is 9.46. The van der Waals surface area contributed by atoms with E-state index in [1.165, 1.54) is 19.3 Å². The monoisotopic (exact) mass is 422 g/mol. The molecule has 1 atom stereocenters. The van der Waals surface area contributed by atoms with Crippen molar-refractivity contribution >= 4 is 33.6 Å². The van der Waals surface area contributed by atoms with Gasteiger partial charge < -0.3 is 9.73 Å². The summed E-state index contributed by atoms with van der Waals surface area (Å²) in [4.78, 5) is 15.8. The number of nitrogens with one attached hydrogen (secondary N) is 1. The molecule has 1 fully saturated rings. The molecule has 1 aliphatic heterocycles. The molecule has 6 heteroatoms. The Kier molecular flexibility index (Phi) is 7.02. The molecule has 0 saturated carbocycles. The van der Waals surface area contributed by atoms with Crippen LogP contribution < -0.4 is 5.32 Å². The molecule has 134 valence electrons. The summed E-state index contributed by atoms with van der Waals surface area (Å²) in [6, 6.07) is 12.0. The lowest BCUT2D eigenvalue weighted by Crippen LogP contribution is -2.40. The maximum absolute atomic E-state index is 12.2. The lowest BCUT2D eigenvalue weighted by molar-refractivity contribution is -0.118. The minimum absolute atomic E-state index is 0.0569. The number of thioether (sulfide) groups is 1. The molecule has 3 rings (SSSR count). The Balaban J connectivity index is 1.51. The minimum Gasteiger partial charge on any atom is -0.468 e. The highest BCUT2D eigenvalue weighted by molar-refractivity contribution is 9.10. The average molecular weight is 423 g/mol. The van der Waals surface area contributed by atoms with Crippen molar-refractivity contribution in [2.24, 2.45) is 0 Å². The van der Waals surface area contributed by atoms with Gasteiger partial charge in [-0.3, -0.25) is 9.69 Å². The molecular formula is C19H23BrN2O2S. The zero-order valence-corrected chi connectivity index (χ0v) is 16.5. The molecule has 0 bridgehead atoms. The van der Waals surface area contributed by atoms with E-state index >= 15 is 0 Å². The van der Waals surface area contributed by atoms with Crippen molar-refractivity contribution in [1.29, 1.82) is 0 Å². The van der Waals surface area contributed by atoms with Gasteiger partial charge in [0.2, 0.25) is 5.91 Å². The summed E-state index contributed by atoms with van der Waals surface area (Å²) in [5, 5.41) is 3.08. The van der Waals surface area contributed by atoms with E-state index in [9.17, 15) is 4.79 Å². The van der Waals surface area contributed by atoms with Crippen LogP contribution in [0.4, 0.5) is 0 Å². The van der Waals surface area contributed by atoms with Crippen LogP contribution in [-0.4, -0.2) is 36.2 Å². The second-order valence-electron chi connectivity index (χ2n) is 6.17. The van der Waals surface area contributed by atoms with Gasteiger partial charge >= 0.3 is 0 Å². The summed E-state index contributed by atoms with van der Waals surface area (Å²) in [6.07, 6.45) is 5.42. The summed E-state index contributed by atoms with van der Waals surface area (Å²) in [7, 11) is 0. The van der Waals surface area contributed by atoms with Crippen molar-refractivity contribution in [3.8, 4) is 0 Å². The van der Waals surface area contributed by atoms with Gasteiger partial charge in [0, 0.05) is 15.9 Å². The Morgan fingerprint density at radius 3 is 2.64 bits per heavy atom. The third-order valence-electron chi connectivity index (χ3n) is 4.38. The number of halogens is 1. The van der Waals surface area contributed by atoms with Crippen LogP contribution in [0.2, 0.25) is 0 Å².